The van der Waals surface area contributed by atoms with Crippen LogP contribution in [0.2, 0.25) is 0 Å². The van der Waals surface area contributed by atoms with Gasteiger partial charge in [0.15, 0.2) is 0 Å². The molecule has 1 fully saturated rings. The van der Waals surface area contributed by atoms with Crippen LogP contribution in [-0.4, -0.2) is 16.2 Å². The van der Waals surface area contributed by atoms with Crippen molar-refractivity contribution in [3.63, 3.8) is 0 Å². The quantitative estimate of drug-likeness (QED) is 0.866. The Bertz CT molecular complexity index is 683. The van der Waals surface area contributed by atoms with Crippen molar-refractivity contribution in [1.29, 1.82) is 0 Å². The summed E-state index contributed by atoms with van der Waals surface area (Å²) in [5, 5.41) is 9.64. The Hall–Kier alpha value is -1.75. The Labute approximate surface area is 140 Å². The maximum absolute atomic E-state index is 11.2. The number of aromatic nitrogens is 1. The predicted molar refractivity (Wildman–Crippen MR) is 92.5 cm³/mol. The maximum Gasteiger partial charge on any atom is 0.307 e. The second-order valence-corrected chi connectivity index (χ2v) is 7.40. The minimum atomic E-state index is -0.223. The van der Waals surface area contributed by atoms with Gasteiger partial charge < -0.3 is 9.84 Å². The second kappa shape index (κ2) is 7.21. The van der Waals surface area contributed by atoms with Crippen molar-refractivity contribution in [1.82, 2.24) is 4.98 Å². The molecule has 2 aromatic rings. The highest BCUT2D eigenvalue weighted by Gasteiger charge is 2.21. The molecule has 1 aliphatic carbocycles. The highest BCUT2D eigenvalue weighted by molar-refractivity contribution is 7.09. The van der Waals surface area contributed by atoms with Crippen molar-refractivity contribution in [2.75, 3.05) is 0 Å². The molecular weight excluding hydrogens is 310 g/mol. The standard InChI is InChI=1S/C18H23NO3S/c1-12(14-5-3-2-4-6-14)22-15-9-7-13(8-10-15)11-16-17(20)19-18(21)23-16/h7-10,12,14,20H,2-6,11H2,1H3,(H,19,21). The summed E-state index contributed by atoms with van der Waals surface area (Å²) in [7, 11) is 0. The average molecular weight is 333 g/mol. The SMILES string of the molecule is CC(Oc1ccc(Cc2sc(=O)[nH]c2O)cc1)C1CCCCC1. The van der Waals surface area contributed by atoms with Crippen LogP contribution < -0.4 is 9.61 Å². The summed E-state index contributed by atoms with van der Waals surface area (Å²) in [4.78, 5) is 14.0. The third kappa shape index (κ3) is 4.16. The molecule has 5 heteroatoms. The van der Waals surface area contributed by atoms with Gasteiger partial charge in [-0.2, -0.15) is 0 Å². The maximum atomic E-state index is 11.2. The molecule has 2 N–H and O–H groups in total. The van der Waals surface area contributed by atoms with E-state index in [1.807, 2.05) is 24.3 Å². The first-order valence-corrected chi connectivity index (χ1v) is 9.10. The molecule has 3 rings (SSSR count). The van der Waals surface area contributed by atoms with E-state index in [1.165, 1.54) is 32.1 Å². The number of aromatic amines is 1. The topological polar surface area (TPSA) is 62.3 Å². The number of ether oxygens (including phenoxy) is 1. The molecule has 0 radical (unpaired) electrons. The van der Waals surface area contributed by atoms with Crippen LogP contribution in [0.3, 0.4) is 0 Å². The zero-order valence-electron chi connectivity index (χ0n) is 13.4. The van der Waals surface area contributed by atoms with Gasteiger partial charge in [0.05, 0.1) is 11.0 Å². The monoisotopic (exact) mass is 333 g/mol. The minimum Gasteiger partial charge on any atom is -0.494 e. The normalized spacial score (nSPS) is 17.1. The van der Waals surface area contributed by atoms with Gasteiger partial charge in [0, 0.05) is 6.42 Å². The van der Waals surface area contributed by atoms with Gasteiger partial charge >= 0.3 is 4.87 Å². The van der Waals surface area contributed by atoms with Gasteiger partial charge in [0.2, 0.25) is 5.88 Å². The van der Waals surface area contributed by atoms with Crippen LogP contribution >= 0.6 is 11.3 Å². The summed E-state index contributed by atoms with van der Waals surface area (Å²) in [5.74, 6) is 1.53. The fraction of sp³-hybridized carbons (Fsp3) is 0.500. The molecule has 0 aliphatic heterocycles. The van der Waals surface area contributed by atoms with E-state index >= 15 is 0 Å². The van der Waals surface area contributed by atoms with Crippen LogP contribution in [0.25, 0.3) is 0 Å². The summed E-state index contributed by atoms with van der Waals surface area (Å²) in [6.07, 6.45) is 7.33. The van der Waals surface area contributed by atoms with Crippen molar-refractivity contribution in [3.8, 4) is 11.6 Å². The third-order valence-corrected chi connectivity index (χ3v) is 5.50. The lowest BCUT2D eigenvalue weighted by Crippen LogP contribution is -2.25. The van der Waals surface area contributed by atoms with Crippen LogP contribution in [0.5, 0.6) is 11.6 Å². The lowest BCUT2D eigenvalue weighted by atomic mass is 9.86. The van der Waals surface area contributed by atoms with Crippen LogP contribution in [0.4, 0.5) is 0 Å². The molecule has 0 spiro atoms. The summed E-state index contributed by atoms with van der Waals surface area (Å²) in [6.45, 7) is 2.17. The molecule has 1 heterocycles. The van der Waals surface area contributed by atoms with Crippen molar-refractivity contribution in [2.24, 2.45) is 5.92 Å². The Morgan fingerprint density at radius 2 is 1.96 bits per heavy atom. The summed E-state index contributed by atoms with van der Waals surface area (Å²) in [5.41, 5.74) is 1.05. The molecule has 1 aromatic carbocycles. The highest BCUT2D eigenvalue weighted by atomic mass is 32.1. The van der Waals surface area contributed by atoms with Crippen molar-refractivity contribution >= 4 is 11.3 Å². The van der Waals surface area contributed by atoms with Crippen LogP contribution in [-0.2, 0) is 6.42 Å². The number of hydrogen-bond donors (Lipinski definition) is 2. The molecule has 1 saturated carbocycles. The molecule has 1 unspecified atom stereocenters. The Kier molecular flexibility index (Phi) is 5.06. The highest BCUT2D eigenvalue weighted by Crippen LogP contribution is 2.29. The van der Waals surface area contributed by atoms with E-state index in [2.05, 4.69) is 11.9 Å². The third-order valence-electron chi connectivity index (χ3n) is 4.62. The first-order chi connectivity index (χ1) is 11.1. The van der Waals surface area contributed by atoms with Crippen LogP contribution in [0.15, 0.2) is 29.1 Å². The molecular formula is C18H23NO3S. The van der Waals surface area contributed by atoms with Crippen molar-refractivity contribution in [2.45, 2.75) is 51.6 Å². The number of benzene rings is 1. The molecule has 124 valence electrons. The molecule has 23 heavy (non-hydrogen) atoms. The smallest absolute Gasteiger partial charge is 0.307 e. The number of rotatable bonds is 5. The van der Waals surface area contributed by atoms with Gasteiger partial charge in [-0.1, -0.05) is 42.7 Å². The Morgan fingerprint density at radius 1 is 1.26 bits per heavy atom. The predicted octanol–water partition coefficient (Wildman–Crippen LogP) is 4.08. The number of hydrogen-bond acceptors (Lipinski definition) is 4. The Morgan fingerprint density at radius 3 is 2.57 bits per heavy atom. The second-order valence-electron chi connectivity index (χ2n) is 6.33. The molecule has 0 saturated heterocycles. The minimum absolute atomic E-state index is 0.0220. The number of nitrogens with one attached hydrogen (secondary N) is 1. The van der Waals surface area contributed by atoms with Crippen LogP contribution in [0.1, 0.15) is 49.5 Å². The summed E-state index contributed by atoms with van der Waals surface area (Å²) < 4.78 is 6.08. The van der Waals surface area contributed by atoms with Gasteiger partial charge in [-0.15, -0.1) is 0 Å². The molecule has 0 bridgehead atoms. The van der Waals surface area contributed by atoms with Crippen molar-refractivity contribution < 1.29 is 9.84 Å². The zero-order valence-corrected chi connectivity index (χ0v) is 14.2. The van der Waals surface area contributed by atoms with Crippen LogP contribution in [0, 0.1) is 5.92 Å². The first-order valence-electron chi connectivity index (χ1n) is 8.28. The molecule has 4 nitrogen and oxygen atoms in total. The number of aromatic hydroxyl groups is 1. The lowest BCUT2D eigenvalue weighted by Gasteiger charge is -2.28. The molecule has 1 aliphatic rings. The average Bonchev–Trinajstić information content (AvgIpc) is 2.87. The molecule has 0 amide bonds. The zero-order chi connectivity index (χ0) is 16.2. The Balaban J connectivity index is 1.60. The fourth-order valence-electron chi connectivity index (χ4n) is 3.26. The molecule has 1 aromatic heterocycles. The van der Waals surface area contributed by atoms with Gasteiger partial charge in [-0.25, -0.2) is 0 Å². The van der Waals surface area contributed by atoms with Gasteiger partial charge in [0.1, 0.15) is 5.75 Å². The van der Waals surface area contributed by atoms with Crippen molar-refractivity contribution in [3.05, 3.63) is 44.4 Å². The number of H-pyrrole nitrogens is 1. The van der Waals surface area contributed by atoms with E-state index < -0.39 is 0 Å². The van der Waals surface area contributed by atoms with Gasteiger partial charge in [-0.3, -0.25) is 9.78 Å². The van der Waals surface area contributed by atoms with E-state index in [-0.39, 0.29) is 16.9 Å². The van der Waals surface area contributed by atoms with E-state index in [0.717, 1.165) is 22.6 Å². The van der Waals surface area contributed by atoms with E-state index in [1.54, 1.807) is 0 Å². The van der Waals surface area contributed by atoms with E-state index in [4.69, 9.17) is 4.74 Å². The largest absolute Gasteiger partial charge is 0.494 e. The van der Waals surface area contributed by atoms with Gasteiger partial charge in [-0.05, 0) is 43.4 Å². The van der Waals surface area contributed by atoms with E-state index in [9.17, 15) is 9.90 Å². The lowest BCUT2D eigenvalue weighted by molar-refractivity contribution is 0.123. The summed E-state index contributed by atoms with van der Waals surface area (Å²) >= 11 is 1.05. The number of thiazole rings is 1. The molecule has 1 atom stereocenters. The van der Waals surface area contributed by atoms with Gasteiger partial charge in [0.25, 0.3) is 0 Å². The fourth-order valence-corrected chi connectivity index (χ4v) is 4.02. The first kappa shape index (κ1) is 16.1. The van der Waals surface area contributed by atoms with E-state index in [0.29, 0.717) is 17.2 Å². The summed E-state index contributed by atoms with van der Waals surface area (Å²) in [6, 6.07) is 7.93.